The molecule has 0 saturated heterocycles. The van der Waals surface area contributed by atoms with E-state index in [0.717, 1.165) is 24.2 Å². The molecule has 1 aliphatic rings. The molecule has 21 heavy (non-hydrogen) atoms. The molecule has 5 nitrogen and oxygen atoms in total. The lowest BCUT2D eigenvalue weighted by molar-refractivity contribution is 0.0912. The molecular weight excluding hydrogens is 264 g/mol. The standard InChI is InChI=1S/C16H14N4O/c1-10-5-6-14-13(15(10)21)9-18-16(20-14)19-12-4-2-3-11(7-12)8-17/h2-4,7,9-10H,5-6H2,1H3,(H,18,19,20). The molecule has 0 radical (unpaired) electrons. The summed E-state index contributed by atoms with van der Waals surface area (Å²) in [6.45, 7) is 1.94. The summed E-state index contributed by atoms with van der Waals surface area (Å²) >= 11 is 0. The molecule has 0 aliphatic heterocycles. The highest BCUT2D eigenvalue weighted by atomic mass is 16.1. The first-order valence-electron chi connectivity index (χ1n) is 6.84. The molecule has 1 aromatic heterocycles. The zero-order chi connectivity index (χ0) is 14.8. The Balaban J connectivity index is 1.88. The summed E-state index contributed by atoms with van der Waals surface area (Å²) in [5.41, 5.74) is 2.75. The fraction of sp³-hybridized carbons (Fsp3) is 0.250. The van der Waals surface area contributed by atoms with Crippen LogP contribution in [0.15, 0.2) is 30.5 Å². The van der Waals surface area contributed by atoms with Gasteiger partial charge in [0.25, 0.3) is 0 Å². The summed E-state index contributed by atoms with van der Waals surface area (Å²) in [5.74, 6) is 0.618. The van der Waals surface area contributed by atoms with E-state index < -0.39 is 0 Å². The minimum Gasteiger partial charge on any atom is -0.324 e. The molecule has 0 bridgehead atoms. The number of nitrogens with zero attached hydrogens (tertiary/aromatic N) is 3. The normalized spacial score (nSPS) is 17.0. The van der Waals surface area contributed by atoms with Gasteiger partial charge in [-0.2, -0.15) is 5.26 Å². The Bertz CT molecular complexity index is 748. The molecule has 0 saturated carbocycles. The number of hydrogen-bond donors (Lipinski definition) is 1. The Labute approximate surface area is 122 Å². The fourth-order valence-corrected chi connectivity index (χ4v) is 2.42. The van der Waals surface area contributed by atoms with Crippen molar-refractivity contribution in [3.05, 3.63) is 47.3 Å². The summed E-state index contributed by atoms with van der Waals surface area (Å²) in [7, 11) is 0. The van der Waals surface area contributed by atoms with Crippen LogP contribution in [0, 0.1) is 17.2 Å². The minimum absolute atomic E-state index is 0.0484. The molecule has 3 rings (SSSR count). The summed E-state index contributed by atoms with van der Waals surface area (Å²) in [6, 6.07) is 9.20. The summed E-state index contributed by atoms with van der Waals surface area (Å²) in [6.07, 6.45) is 3.21. The number of aromatic nitrogens is 2. The second-order valence-electron chi connectivity index (χ2n) is 5.18. The van der Waals surface area contributed by atoms with Crippen LogP contribution in [0.25, 0.3) is 0 Å². The SMILES string of the molecule is CC1CCc2nc(Nc3cccc(C#N)c3)ncc2C1=O. The smallest absolute Gasteiger partial charge is 0.227 e. The maximum Gasteiger partial charge on any atom is 0.227 e. The molecule has 104 valence electrons. The third kappa shape index (κ3) is 2.61. The first-order chi connectivity index (χ1) is 10.2. The van der Waals surface area contributed by atoms with Crippen molar-refractivity contribution in [2.24, 2.45) is 5.92 Å². The quantitative estimate of drug-likeness (QED) is 0.913. The van der Waals surface area contributed by atoms with E-state index in [-0.39, 0.29) is 11.7 Å². The summed E-state index contributed by atoms with van der Waals surface area (Å²) in [4.78, 5) is 20.7. The number of aryl methyl sites for hydroxylation is 1. The lowest BCUT2D eigenvalue weighted by Gasteiger charge is -2.19. The number of hydrogen-bond acceptors (Lipinski definition) is 5. The van der Waals surface area contributed by atoms with Gasteiger partial charge in [-0.05, 0) is 31.0 Å². The molecular formula is C16H14N4O. The number of nitriles is 1. The van der Waals surface area contributed by atoms with Gasteiger partial charge in [-0.1, -0.05) is 13.0 Å². The second-order valence-corrected chi connectivity index (χ2v) is 5.18. The second kappa shape index (κ2) is 5.33. The predicted octanol–water partition coefficient (Wildman–Crippen LogP) is 2.86. The van der Waals surface area contributed by atoms with Crippen LogP contribution in [-0.4, -0.2) is 15.8 Å². The van der Waals surface area contributed by atoms with Crippen molar-refractivity contribution >= 4 is 17.4 Å². The molecule has 1 heterocycles. The number of carbonyl (C=O) groups is 1. The Morgan fingerprint density at radius 1 is 1.43 bits per heavy atom. The molecule has 1 N–H and O–H groups in total. The first-order valence-corrected chi connectivity index (χ1v) is 6.84. The number of nitrogens with one attached hydrogen (secondary N) is 1. The Morgan fingerprint density at radius 2 is 2.29 bits per heavy atom. The van der Waals surface area contributed by atoms with E-state index in [1.165, 1.54) is 0 Å². The van der Waals surface area contributed by atoms with Crippen molar-refractivity contribution in [1.82, 2.24) is 9.97 Å². The summed E-state index contributed by atoms with van der Waals surface area (Å²) in [5, 5.41) is 12.0. The number of anilines is 2. The molecule has 1 unspecified atom stereocenters. The van der Waals surface area contributed by atoms with Crippen LogP contribution in [0.3, 0.4) is 0 Å². The topological polar surface area (TPSA) is 78.7 Å². The predicted molar refractivity (Wildman–Crippen MR) is 78.3 cm³/mol. The van der Waals surface area contributed by atoms with E-state index in [4.69, 9.17) is 5.26 Å². The van der Waals surface area contributed by atoms with Crippen LogP contribution in [0.1, 0.15) is 35.0 Å². The molecule has 5 heteroatoms. The number of rotatable bonds is 2. The van der Waals surface area contributed by atoms with Gasteiger partial charge in [0, 0.05) is 17.8 Å². The van der Waals surface area contributed by atoms with Gasteiger partial charge >= 0.3 is 0 Å². The van der Waals surface area contributed by atoms with Gasteiger partial charge < -0.3 is 5.32 Å². The monoisotopic (exact) mass is 278 g/mol. The average Bonchev–Trinajstić information content (AvgIpc) is 2.51. The van der Waals surface area contributed by atoms with Crippen LogP contribution < -0.4 is 5.32 Å². The van der Waals surface area contributed by atoms with Crippen molar-refractivity contribution in [2.75, 3.05) is 5.32 Å². The zero-order valence-corrected chi connectivity index (χ0v) is 11.6. The van der Waals surface area contributed by atoms with Crippen molar-refractivity contribution in [2.45, 2.75) is 19.8 Å². The first kappa shape index (κ1) is 13.3. The van der Waals surface area contributed by atoms with Crippen LogP contribution in [0.5, 0.6) is 0 Å². The lowest BCUT2D eigenvalue weighted by atomic mass is 9.87. The van der Waals surface area contributed by atoms with Crippen molar-refractivity contribution in [1.29, 1.82) is 5.26 Å². The zero-order valence-electron chi connectivity index (χ0n) is 11.6. The van der Waals surface area contributed by atoms with E-state index >= 15 is 0 Å². The molecule has 1 aliphatic carbocycles. The minimum atomic E-state index is 0.0484. The van der Waals surface area contributed by atoms with Gasteiger partial charge in [0.2, 0.25) is 5.95 Å². The van der Waals surface area contributed by atoms with Gasteiger partial charge in [-0.25, -0.2) is 9.97 Å². The number of benzene rings is 1. The third-order valence-electron chi connectivity index (χ3n) is 3.64. The summed E-state index contributed by atoms with van der Waals surface area (Å²) < 4.78 is 0. The maximum absolute atomic E-state index is 12.0. The molecule has 1 atom stereocenters. The highest BCUT2D eigenvalue weighted by molar-refractivity contribution is 5.99. The van der Waals surface area contributed by atoms with Crippen LogP contribution in [0.2, 0.25) is 0 Å². The van der Waals surface area contributed by atoms with Gasteiger partial charge in [-0.15, -0.1) is 0 Å². The van der Waals surface area contributed by atoms with E-state index in [2.05, 4.69) is 21.4 Å². The molecule has 0 spiro atoms. The number of ketones is 1. The van der Waals surface area contributed by atoms with E-state index in [0.29, 0.717) is 17.1 Å². The molecule has 1 aromatic carbocycles. The highest BCUT2D eigenvalue weighted by Gasteiger charge is 2.25. The molecule has 2 aromatic rings. The van der Waals surface area contributed by atoms with Gasteiger partial charge in [-0.3, -0.25) is 4.79 Å². The van der Waals surface area contributed by atoms with Gasteiger partial charge in [0.1, 0.15) is 0 Å². The largest absolute Gasteiger partial charge is 0.324 e. The van der Waals surface area contributed by atoms with Crippen molar-refractivity contribution in [3.8, 4) is 6.07 Å². The number of Topliss-reactive ketones (excluding diaryl/α,β-unsaturated/α-hetero) is 1. The Kier molecular flexibility index (Phi) is 3.36. The van der Waals surface area contributed by atoms with Gasteiger partial charge in [0.05, 0.1) is 22.9 Å². The average molecular weight is 278 g/mol. The van der Waals surface area contributed by atoms with Gasteiger partial charge in [0.15, 0.2) is 5.78 Å². The fourth-order valence-electron chi connectivity index (χ4n) is 2.42. The third-order valence-corrected chi connectivity index (χ3v) is 3.64. The maximum atomic E-state index is 12.0. The van der Waals surface area contributed by atoms with Crippen LogP contribution in [0.4, 0.5) is 11.6 Å². The number of carbonyl (C=O) groups excluding carboxylic acids is 1. The number of fused-ring (bicyclic) bond motifs is 1. The van der Waals surface area contributed by atoms with Crippen LogP contribution >= 0.6 is 0 Å². The van der Waals surface area contributed by atoms with E-state index in [9.17, 15) is 4.79 Å². The van der Waals surface area contributed by atoms with Crippen molar-refractivity contribution in [3.63, 3.8) is 0 Å². The Morgan fingerprint density at radius 3 is 3.10 bits per heavy atom. The Hall–Kier alpha value is -2.74. The lowest BCUT2D eigenvalue weighted by Crippen LogP contribution is -2.22. The highest BCUT2D eigenvalue weighted by Crippen LogP contribution is 2.25. The van der Waals surface area contributed by atoms with E-state index in [1.54, 1.807) is 24.4 Å². The van der Waals surface area contributed by atoms with Crippen molar-refractivity contribution < 1.29 is 4.79 Å². The molecule has 0 amide bonds. The molecule has 0 fully saturated rings. The van der Waals surface area contributed by atoms with Crippen LogP contribution in [-0.2, 0) is 6.42 Å². The van der Waals surface area contributed by atoms with E-state index in [1.807, 2.05) is 13.0 Å².